The maximum absolute atomic E-state index is 11.9. The summed E-state index contributed by atoms with van der Waals surface area (Å²) >= 11 is 6.50. The zero-order chi connectivity index (χ0) is 13.9. The average molecular weight is 302 g/mol. The van der Waals surface area contributed by atoms with Crippen LogP contribution in [0.2, 0.25) is 0 Å². The first-order valence-corrected chi connectivity index (χ1v) is 7.12. The summed E-state index contributed by atoms with van der Waals surface area (Å²) in [6.45, 7) is 0.377. The van der Waals surface area contributed by atoms with Crippen LogP contribution in [0, 0.1) is 3.95 Å². The maximum Gasteiger partial charge on any atom is 0.251 e. The van der Waals surface area contributed by atoms with Gasteiger partial charge < -0.3 is 10.3 Å². The number of pyridine rings is 2. The molecule has 3 aromatic heterocycles. The fourth-order valence-electron chi connectivity index (χ4n) is 1.75. The second-order valence-corrected chi connectivity index (χ2v) is 5.75. The van der Waals surface area contributed by atoms with Crippen LogP contribution in [0.4, 0.5) is 0 Å². The smallest absolute Gasteiger partial charge is 0.251 e. The molecule has 0 saturated carbocycles. The van der Waals surface area contributed by atoms with Gasteiger partial charge in [-0.1, -0.05) is 11.3 Å². The molecule has 0 aliphatic heterocycles. The molecule has 0 aliphatic rings. The molecule has 0 bridgehead atoms. The van der Waals surface area contributed by atoms with Gasteiger partial charge in [0, 0.05) is 18.0 Å². The molecule has 0 unspecified atom stereocenters. The topological polar surface area (TPSA) is 70.7 Å². The minimum atomic E-state index is -0.143. The van der Waals surface area contributed by atoms with Gasteiger partial charge in [0.25, 0.3) is 5.91 Å². The van der Waals surface area contributed by atoms with Crippen LogP contribution in [0.15, 0.2) is 36.7 Å². The van der Waals surface area contributed by atoms with Crippen molar-refractivity contribution in [2.45, 2.75) is 6.54 Å². The average Bonchev–Trinajstić information content (AvgIpc) is 2.85. The lowest BCUT2D eigenvalue weighted by Gasteiger charge is -2.04. The number of carbonyl (C=O) groups is 1. The molecular weight excluding hydrogens is 292 g/mol. The quantitative estimate of drug-likeness (QED) is 0.730. The minimum absolute atomic E-state index is 0.143. The van der Waals surface area contributed by atoms with Gasteiger partial charge in [0.05, 0.1) is 17.8 Å². The number of nitrogens with one attached hydrogen (secondary N) is 2. The van der Waals surface area contributed by atoms with E-state index in [0.29, 0.717) is 16.1 Å². The van der Waals surface area contributed by atoms with Gasteiger partial charge in [-0.25, -0.2) is 4.98 Å². The van der Waals surface area contributed by atoms with E-state index in [1.807, 2.05) is 12.1 Å². The van der Waals surface area contributed by atoms with Crippen molar-refractivity contribution >= 4 is 39.8 Å². The first-order valence-electron chi connectivity index (χ1n) is 5.89. The van der Waals surface area contributed by atoms with Gasteiger partial charge >= 0.3 is 0 Å². The van der Waals surface area contributed by atoms with Crippen molar-refractivity contribution in [1.82, 2.24) is 20.3 Å². The number of H-pyrrole nitrogens is 1. The lowest BCUT2D eigenvalue weighted by molar-refractivity contribution is 0.0950. The van der Waals surface area contributed by atoms with Crippen molar-refractivity contribution in [3.05, 3.63) is 51.9 Å². The van der Waals surface area contributed by atoms with Crippen LogP contribution in [-0.4, -0.2) is 20.9 Å². The number of rotatable bonds is 3. The van der Waals surface area contributed by atoms with Gasteiger partial charge in [0.15, 0.2) is 3.95 Å². The largest absolute Gasteiger partial charge is 0.346 e. The van der Waals surface area contributed by atoms with Crippen LogP contribution in [-0.2, 0) is 6.54 Å². The van der Waals surface area contributed by atoms with E-state index in [4.69, 9.17) is 12.2 Å². The fourth-order valence-corrected chi connectivity index (χ4v) is 2.82. The van der Waals surface area contributed by atoms with E-state index < -0.39 is 0 Å². The lowest BCUT2D eigenvalue weighted by Crippen LogP contribution is -2.23. The second-order valence-electron chi connectivity index (χ2n) is 4.09. The van der Waals surface area contributed by atoms with Crippen LogP contribution >= 0.6 is 23.6 Å². The van der Waals surface area contributed by atoms with Crippen LogP contribution in [0.5, 0.6) is 0 Å². The minimum Gasteiger partial charge on any atom is -0.346 e. The Labute approximate surface area is 123 Å². The first-order chi connectivity index (χ1) is 9.72. The van der Waals surface area contributed by atoms with Crippen molar-refractivity contribution in [2.75, 3.05) is 0 Å². The number of carbonyl (C=O) groups excluding carboxylic acids is 1. The molecule has 3 rings (SSSR count). The number of aromatic nitrogens is 3. The van der Waals surface area contributed by atoms with E-state index in [9.17, 15) is 4.79 Å². The molecule has 0 atom stereocenters. The molecule has 3 aromatic rings. The van der Waals surface area contributed by atoms with E-state index in [0.717, 1.165) is 16.0 Å². The van der Waals surface area contributed by atoms with Gasteiger partial charge in [-0.05, 0) is 36.5 Å². The SMILES string of the molecule is O=C(NCc1ccc2[nH]c(=S)sc2n1)c1ccncc1. The van der Waals surface area contributed by atoms with E-state index in [1.54, 1.807) is 24.5 Å². The zero-order valence-corrected chi connectivity index (χ0v) is 11.9. The van der Waals surface area contributed by atoms with Gasteiger partial charge in [0.1, 0.15) is 4.83 Å². The van der Waals surface area contributed by atoms with Crippen LogP contribution in [0.3, 0.4) is 0 Å². The van der Waals surface area contributed by atoms with Crippen LogP contribution in [0.25, 0.3) is 10.3 Å². The molecule has 20 heavy (non-hydrogen) atoms. The molecule has 0 spiro atoms. The maximum atomic E-state index is 11.9. The van der Waals surface area contributed by atoms with Crippen LogP contribution < -0.4 is 5.32 Å². The first kappa shape index (κ1) is 12.9. The van der Waals surface area contributed by atoms with Gasteiger partial charge in [-0.2, -0.15) is 0 Å². The lowest BCUT2D eigenvalue weighted by atomic mass is 10.2. The molecule has 0 aliphatic carbocycles. The van der Waals surface area contributed by atoms with Crippen molar-refractivity contribution in [3.8, 4) is 0 Å². The van der Waals surface area contributed by atoms with Crippen molar-refractivity contribution < 1.29 is 4.79 Å². The summed E-state index contributed by atoms with van der Waals surface area (Å²) in [5, 5.41) is 2.83. The fraction of sp³-hybridized carbons (Fsp3) is 0.0769. The third kappa shape index (κ3) is 2.73. The van der Waals surface area contributed by atoms with E-state index in [1.165, 1.54) is 11.3 Å². The Bertz CT molecular complexity index is 810. The normalized spacial score (nSPS) is 10.6. The Hall–Kier alpha value is -2.12. The summed E-state index contributed by atoms with van der Waals surface area (Å²) in [7, 11) is 0. The molecule has 100 valence electrons. The molecule has 0 saturated heterocycles. The molecule has 3 heterocycles. The summed E-state index contributed by atoms with van der Waals surface area (Å²) in [6.07, 6.45) is 3.18. The summed E-state index contributed by atoms with van der Waals surface area (Å²) in [6, 6.07) is 7.13. The number of fused-ring (bicyclic) bond motifs is 1. The Balaban J connectivity index is 1.73. The molecule has 7 heteroatoms. The van der Waals surface area contributed by atoms with Gasteiger partial charge in [-0.15, -0.1) is 0 Å². The standard InChI is InChI=1S/C13H10N4OS2/c18-11(8-3-5-14-6-4-8)15-7-9-1-2-10-12(16-9)20-13(19)17-10/h1-6H,7H2,(H,15,18)(H,17,19). The predicted octanol–water partition coefficient (Wildman–Crippen LogP) is 2.68. The molecule has 2 N–H and O–H groups in total. The van der Waals surface area contributed by atoms with Crippen molar-refractivity contribution in [1.29, 1.82) is 0 Å². The number of hydrogen-bond donors (Lipinski definition) is 2. The third-order valence-corrected chi connectivity index (χ3v) is 3.86. The molecule has 1 amide bonds. The predicted molar refractivity (Wildman–Crippen MR) is 80.2 cm³/mol. The Morgan fingerprint density at radius 3 is 2.90 bits per heavy atom. The highest BCUT2D eigenvalue weighted by Crippen LogP contribution is 2.17. The number of amides is 1. The molecule has 0 aromatic carbocycles. The molecule has 0 fully saturated rings. The van der Waals surface area contributed by atoms with Crippen molar-refractivity contribution in [3.63, 3.8) is 0 Å². The zero-order valence-electron chi connectivity index (χ0n) is 10.3. The number of hydrogen-bond acceptors (Lipinski definition) is 5. The number of nitrogens with zero attached hydrogens (tertiary/aromatic N) is 2. The third-order valence-electron chi connectivity index (χ3n) is 2.72. The number of aromatic amines is 1. The molecular formula is C13H10N4OS2. The van der Waals surface area contributed by atoms with Gasteiger partial charge in [-0.3, -0.25) is 9.78 Å². The highest BCUT2D eigenvalue weighted by Gasteiger charge is 2.06. The van der Waals surface area contributed by atoms with E-state index in [2.05, 4.69) is 20.3 Å². The Morgan fingerprint density at radius 1 is 1.30 bits per heavy atom. The van der Waals surface area contributed by atoms with E-state index in [-0.39, 0.29) is 5.91 Å². The molecule has 0 radical (unpaired) electrons. The second kappa shape index (κ2) is 5.48. The van der Waals surface area contributed by atoms with Crippen molar-refractivity contribution in [2.24, 2.45) is 0 Å². The summed E-state index contributed by atoms with van der Waals surface area (Å²) in [5.74, 6) is -0.143. The highest BCUT2D eigenvalue weighted by atomic mass is 32.1. The summed E-state index contributed by atoms with van der Waals surface area (Å²) in [4.78, 5) is 24.1. The van der Waals surface area contributed by atoms with E-state index >= 15 is 0 Å². The highest BCUT2D eigenvalue weighted by molar-refractivity contribution is 7.73. The summed E-state index contributed by atoms with van der Waals surface area (Å²) in [5.41, 5.74) is 2.30. The monoisotopic (exact) mass is 302 g/mol. The van der Waals surface area contributed by atoms with Gasteiger partial charge in [0.2, 0.25) is 0 Å². The Morgan fingerprint density at radius 2 is 2.10 bits per heavy atom. The number of thiazole rings is 1. The van der Waals surface area contributed by atoms with Crippen LogP contribution in [0.1, 0.15) is 16.1 Å². The molecule has 5 nitrogen and oxygen atoms in total. The summed E-state index contributed by atoms with van der Waals surface area (Å²) < 4.78 is 0.700. The Kier molecular flexibility index (Phi) is 3.53.